The van der Waals surface area contributed by atoms with E-state index in [-0.39, 0.29) is 5.75 Å². The van der Waals surface area contributed by atoms with Crippen LogP contribution in [-0.4, -0.2) is 18.7 Å². The Morgan fingerprint density at radius 1 is 0.800 bits per heavy atom. The summed E-state index contributed by atoms with van der Waals surface area (Å²) in [5, 5.41) is 0. The molecule has 2 rings (SSSR count). The molecule has 0 aliphatic rings. The van der Waals surface area contributed by atoms with Crippen LogP contribution < -0.4 is 11.5 Å². The molecular formula is C19H28N2O3S. The highest BCUT2D eigenvalue weighted by Crippen LogP contribution is 2.30. The molecule has 0 spiro atoms. The SMILES string of the molecule is CCCS(=O)(=O)O.Cc1cc(-c2cc(C)c(N)c(C)c2)cc(C)c1N. The van der Waals surface area contributed by atoms with Gasteiger partial charge in [-0.25, -0.2) is 0 Å². The highest BCUT2D eigenvalue weighted by Gasteiger charge is 2.07. The van der Waals surface area contributed by atoms with E-state index in [1.54, 1.807) is 6.92 Å². The lowest BCUT2D eigenvalue weighted by atomic mass is 9.95. The quantitative estimate of drug-likeness (QED) is 0.563. The Hall–Kier alpha value is -2.05. The lowest BCUT2D eigenvalue weighted by molar-refractivity contribution is 0.482. The standard InChI is InChI=1S/C16H20N2.C3H8O3S/c1-9-5-13(6-10(2)15(9)17)14-7-11(3)16(18)12(4)8-14;1-2-3-7(4,5)6/h5-8H,17-18H2,1-4H3;2-3H2,1H3,(H,4,5,6). The molecule has 0 radical (unpaired) electrons. The van der Waals surface area contributed by atoms with Crippen molar-refractivity contribution >= 4 is 21.5 Å². The van der Waals surface area contributed by atoms with Crippen LogP contribution in [-0.2, 0) is 10.1 Å². The fraction of sp³-hybridized carbons (Fsp3) is 0.368. The second kappa shape index (κ2) is 8.36. The van der Waals surface area contributed by atoms with E-state index in [0.717, 1.165) is 33.6 Å². The Balaban J connectivity index is 0.000000381. The topological polar surface area (TPSA) is 106 Å². The number of rotatable bonds is 3. The summed E-state index contributed by atoms with van der Waals surface area (Å²) in [5.74, 6) is -0.132. The highest BCUT2D eigenvalue weighted by atomic mass is 32.2. The van der Waals surface area contributed by atoms with Crippen molar-refractivity contribution in [2.75, 3.05) is 17.2 Å². The first-order valence-electron chi connectivity index (χ1n) is 8.15. The van der Waals surface area contributed by atoms with Gasteiger partial charge >= 0.3 is 0 Å². The minimum Gasteiger partial charge on any atom is -0.398 e. The van der Waals surface area contributed by atoms with Crippen LogP contribution in [0.4, 0.5) is 11.4 Å². The van der Waals surface area contributed by atoms with Crippen LogP contribution in [0.15, 0.2) is 24.3 Å². The van der Waals surface area contributed by atoms with Gasteiger partial charge in [-0.2, -0.15) is 8.42 Å². The predicted octanol–water partition coefficient (Wildman–Crippen LogP) is 4.04. The first kappa shape index (κ1) is 21.0. The molecule has 6 heteroatoms. The molecule has 5 N–H and O–H groups in total. The maximum absolute atomic E-state index is 9.79. The molecule has 0 aliphatic carbocycles. The molecule has 0 unspecified atom stereocenters. The number of hydrogen-bond donors (Lipinski definition) is 3. The second-order valence-electron chi connectivity index (χ2n) is 6.33. The first-order valence-corrected chi connectivity index (χ1v) is 9.76. The summed E-state index contributed by atoms with van der Waals surface area (Å²) in [4.78, 5) is 0. The van der Waals surface area contributed by atoms with Gasteiger partial charge in [-0.3, -0.25) is 4.55 Å². The minimum atomic E-state index is -3.67. The molecule has 0 fully saturated rings. The van der Waals surface area contributed by atoms with Crippen LogP contribution in [0, 0.1) is 27.7 Å². The van der Waals surface area contributed by atoms with Gasteiger partial charge in [0.15, 0.2) is 0 Å². The smallest absolute Gasteiger partial charge is 0.264 e. The summed E-state index contributed by atoms with van der Waals surface area (Å²) in [5.41, 5.74) is 20.6. The number of anilines is 2. The van der Waals surface area contributed by atoms with Gasteiger partial charge < -0.3 is 11.5 Å². The molecular weight excluding hydrogens is 336 g/mol. The third-order valence-corrected chi connectivity index (χ3v) is 4.91. The van der Waals surface area contributed by atoms with Gasteiger partial charge in [0.1, 0.15) is 0 Å². The van der Waals surface area contributed by atoms with Gasteiger partial charge in [0.2, 0.25) is 0 Å². The number of nitrogen functional groups attached to an aromatic ring is 2. The number of nitrogens with two attached hydrogens (primary N) is 2. The lowest BCUT2D eigenvalue weighted by Crippen LogP contribution is -2.01. The Morgan fingerprint density at radius 3 is 1.24 bits per heavy atom. The van der Waals surface area contributed by atoms with E-state index >= 15 is 0 Å². The van der Waals surface area contributed by atoms with Crippen molar-refractivity contribution in [3.05, 3.63) is 46.5 Å². The molecule has 0 aromatic heterocycles. The third kappa shape index (κ3) is 6.07. The number of benzene rings is 2. The van der Waals surface area contributed by atoms with Crippen molar-refractivity contribution in [3.63, 3.8) is 0 Å². The summed E-state index contributed by atoms with van der Waals surface area (Å²) in [6.45, 7) is 9.87. The Bertz CT molecular complexity index is 757. The Labute approximate surface area is 150 Å². The summed E-state index contributed by atoms with van der Waals surface area (Å²) >= 11 is 0. The van der Waals surface area contributed by atoms with Crippen LogP contribution in [0.25, 0.3) is 11.1 Å². The van der Waals surface area contributed by atoms with Crippen LogP contribution in [0.5, 0.6) is 0 Å². The number of hydrogen-bond acceptors (Lipinski definition) is 4. The minimum absolute atomic E-state index is 0.132. The summed E-state index contributed by atoms with van der Waals surface area (Å²) in [6.07, 6.45) is 0.471. The Kier molecular flexibility index (Phi) is 7.02. The van der Waals surface area contributed by atoms with Gasteiger partial charge in [-0.05, 0) is 91.8 Å². The van der Waals surface area contributed by atoms with E-state index in [9.17, 15) is 8.42 Å². The zero-order chi connectivity index (χ0) is 19.4. The van der Waals surface area contributed by atoms with Gasteiger partial charge in [0.05, 0.1) is 5.75 Å². The molecule has 0 saturated heterocycles. The van der Waals surface area contributed by atoms with E-state index in [2.05, 4.69) is 24.3 Å². The van der Waals surface area contributed by atoms with E-state index in [1.165, 1.54) is 11.1 Å². The third-order valence-electron chi connectivity index (χ3n) is 3.98. The van der Waals surface area contributed by atoms with Crippen LogP contribution in [0.1, 0.15) is 35.6 Å². The van der Waals surface area contributed by atoms with Crippen molar-refractivity contribution in [1.29, 1.82) is 0 Å². The zero-order valence-corrected chi connectivity index (χ0v) is 16.4. The number of aryl methyl sites for hydroxylation is 4. The van der Waals surface area contributed by atoms with Crippen molar-refractivity contribution in [3.8, 4) is 11.1 Å². The molecule has 0 atom stereocenters. The fourth-order valence-electron chi connectivity index (χ4n) is 2.54. The molecule has 0 amide bonds. The Morgan fingerprint density at radius 2 is 1.08 bits per heavy atom. The van der Waals surface area contributed by atoms with Crippen molar-refractivity contribution in [1.82, 2.24) is 0 Å². The zero-order valence-electron chi connectivity index (χ0n) is 15.6. The molecule has 5 nitrogen and oxygen atoms in total. The molecule has 138 valence electrons. The van der Waals surface area contributed by atoms with Crippen molar-refractivity contribution in [2.45, 2.75) is 41.0 Å². The molecule has 0 saturated carbocycles. The van der Waals surface area contributed by atoms with Gasteiger partial charge in [-0.15, -0.1) is 0 Å². The predicted molar refractivity (Wildman–Crippen MR) is 106 cm³/mol. The van der Waals surface area contributed by atoms with Gasteiger partial charge in [0.25, 0.3) is 10.1 Å². The average Bonchev–Trinajstić information content (AvgIpc) is 2.48. The molecule has 2 aromatic rings. The van der Waals surface area contributed by atoms with E-state index in [0.29, 0.717) is 6.42 Å². The van der Waals surface area contributed by atoms with E-state index < -0.39 is 10.1 Å². The molecule has 0 heterocycles. The normalized spacial score (nSPS) is 11.0. The van der Waals surface area contributed by atoms with E-state index in [4.69, 9.17) is 16.0 Å². The summed E-state index contributed by atoms with van der Waals surface area (Å²) in [6, 6.07) is 8.53. The van der Waals surface area contributed by atoms with Crippen molar-refractivity contribution < 1.29 is 13.0 Å². The monoisotopic (exact) mass is 364 g/mol. The molecule has 0 bridgehead atoms. The average molecular weight is 365 g/mol. The van der Waals surface area contributed by atoms with Crippen LogP contribution >= 0.6 is 0 Å². The van der Waals surface area contributed by atoms with Crippen LogP contribution in [0.2, 0.25) is 0 Å². The van der Waals surface area contributed by atoms with Gasteiger partial charge in [-0.1, -0.05) is 6.92 Å². The molecule has 2 aromatic carbocycles. The molecule has 25 heavy (non-hydrogen) atoms. The largest absolute Gasteiger partial charge is 0.398 e. The van der Waals surface area contributed by atoms with Crippen molar-refractivity contribution in [2.24, 2.45) is 0 Å². The molecule has 0 aliphatic heterocycles. The van der Waals surface area contributed by atoms with E-state index in [1.807, 2.05) is 27.7 Å². The first-order chi connectivity index (χ1) is 11.5. The maximum Gasteiger partial charge on any atom is 0.264 e. The summed E-state index contributed by atoms with van der Waals surface area (Å²) < 4.78 is 27.6. The van der Waals surface area contributed by atoms with Gasteiger partial charge in [0, 0.05) is 11.4 Å². The second-order valence-corrected chi connectivity index (χ2v) is 7.91. The fourth-order valence-corrected chi connectivity index (χ4v) is 3.06. The highest BCUT2D eigenvalue weighted by molar-refractivity contribution is 7.85. The lowest BCUT2D eigenvalue weighted by Gasteiger charge is -2.12. The van der Waals surface area contributed by atoms with Crippen LogP contribution in [0.3, 0.4) is 0 Å². The maximum atomic E-state index is 9.79. The summed E-state index contributed by atoms with van der Waals surface area (Å²) in [7, 11) is -3.67.